The van der Waals surface area contributed by atoms with Crippen molar-refractivity contribution in [1.29, 1.82) is 0 Å². The second kappa shape index (κ2) is 7.18. The molecule has 1 heterocycles. The van der Waals surface area contributed by atoms with E-state index in [4.69, 9.17) is 9.26 Å². The third kappa shape index (κ3) is 3.63. The van der Waals surface area contributed by atoms with E-state index in [-0.39, 0.29) is 12.1 Å². The summed E-state index contributed by atoms with van der Waals surface area (Å²) in [5, 5.41) is 13.6. The third-order valence-corrected chi connectivity index (χ3v) is 4.49. The van der Waals surface area contributed by atoms with Gasteiger partial charge >= 0.3 is 5.97 Å². The summed E-state index contributed by atoms with van der Waals surface area (Å²) in [5.74, 6) is -0.0127. The Hall–Kier alpha value is -2.48. The summed E-state index contributed by atoms with van der Waals surface area (Å²) in [4.78, 5) is 17.7. The first-order valence-corrected chi connectivity index (χ1v) is 8.08. The van der Waals surface area contributed by atoms with Gasteiger partial charge in [0, 0.05) is 11.5 Å². The van der Waals surface area contributed by atoms with Crippen LogP contribution in [0.4, 0.5) is 4.39 Å². The van der Waals surface area contributed by atoms with Crippen LogP contribution in [0, 0.1) is 5.82 Å². The van der Waals surface area contributed by atoms with Gasteiger partial charge in [0.2, 0.25) is 5.89 Å². The molecule has 7 nitrogen and oxygen atoms in total. The monoisotopic (exact) mass is 349 g/mol. The van der Waals surface area contributed by atoms with Crippen molar-refractivity contribution in [2.45, 2.75) is 37.8 Å². The number of hydrogen-bond donors (Lipinski definition) is 1. The van der Waals surface area contributed by atoms with Gasteiger partial charge in [-0.1, -0.05) is 11.6 Å². The lowest BCUT2D eigenvalue weighted by Crippen LogP contribution is -2.31. The highest BCUT2D eigenvalue weighted by Gasteiger charge is 2.30. The average Bonchev–Trinajstić information content (AvgIpc) is 2.93. The molecule has 3 rings (SSSR count). The predicted molar refractivity (Wildman–Crippen MR) is 85.7 cm³/mol. The summed E-state index contributed by atoms with van der Waals surface area (Å²) in [7, 11) is 3.03. The average molecular weight is 349 g/mol. The molecule has 1 atom stereocenters. The minimum atomic E-state index is -1.12. The van der Waals surface area contributed by atoms with E-state index in [1.54, 1.807) is 7.05 Å². The zero-order valence-corrected chi connectivity index (χ0v) is 14.1. The Morgan fingerprint density at radius 1 is 1.52 bits per heavy atom. The van der Waals surface area contributed by atoms with Crippen LogP contribution in [0.15, 0.2) is 22.7 Å². The van der Waals surface area contributed by atoms with Crippen molar-refractivity contribution < 1.29 is 23.6 Å². The number of carbonyl (C=O) groups is 1. The fourth-order valence-corrected chi connectivity index (χ4v) is 2.94. The number of benzene rings is 1. The highest BCUT2D eigenvalue weighted by atomic mass is 19.1. The van der Waals surface area contributed by atoms with E-state index in [0.29, 0.717) is 23.4 Å². The first-order chi connectivity index (χ1) is 12.0. The van der Waals surface area contributed by atoms with Gasteiger partial charge in [-0.05, 0) is 38.1 Å². The molecule has 1 N–H and O–H groups in total. The van der Waals surface area contributed by atoms with Crippen molar-refractivity contribution in [2.24, 2.45) is 0 Å². The zero-order valence-electron chi connectivity index (χ0n) is 14.1. The number of carboxylic acids is 1. The van der Waals surface area contributed by atoms with Gasteiger partial charge in [-0.15, -0.1) is 0 Å². The number of aliphatic carboxylic acids is 1. The van der Waals surface area contributed by atoms with Crippen LogP contribution in [-0.4, -0.2) is 40.3 Å². The Kier molecular flexibility index (Phi) is 4.98. The van der Waals surface area contributed by atoms with Crippen LogP contribution >= 0.6 is 0 Å². The Morgan fingerprint density at radius 3 is 2.88 bits per heavy atom. The van der Waals surface area contributed by atoms with Gasteiger partial charge in [0.1, 0.15) is 17.6 Å². The lowest BCUT2D eigenvalue weighted by Gasteiger charge is -2.25. The smallest absolute Gasteiger partial charge is 0.325 e. The van der Waals surface area contributed by atoms with Crippen molar-refractivity contribution in [1.82, 2.24) is 15.0 Å². The number of halogens is 1. The molecule has 1 aliphatic rings. The van der Waals surface area contributed by atoms with Crippen LogP contribution < -0.4 is 4.74 Å². The van der Waals surface area contributed by atoms with Crippen LogP contribution in [0.3, 0.4) is 0 Å². The Balaban J connectivity index is 1.81. The summed E-state index contributed by atoms with van der Waals surface area (Å²) < 4.78 is 24.1. The lowest BCUT2D eigenvalue weighted by atomic mass is 9.85. The Morgan fingerprint density at radius 2 is 2.28 bits per heavy atom. The number of aromatic nitrogens is 2. The summed E-state index contributed by atoms with van der Waals surface area (Å²) in [6.07, 6.45) is 3.23. The molecule has 0 radical (unpaired) electrons. The van der Waals surface area contributed by atoms with Gasteiger partial charge in [0.25, 0.3) is 0 Å². The number of carboxylic acid groups (broad SMARTS) is 1. The molecule has 25 heavy (non-hydrogen) atoms. The van der Waals surface area contributed by atoms with E-state index in [1.165, 1.54) is 30.2 Å². The van der Waals surface area contributed by atoms with Gasteiger partial charge < -0.3 is 14.4 Å². The van der Waals surface area contributed by atoms with Gasteiger partial charge in [0.15, 0.2) is 5.82 Å². The van der Waals surface area contributed by atoms with Crippen molar-refractivity contribution in [2.75, 3.05) is 14.2 Å². The molecule has 1 saturated carbocycles. The third-order valence-electron chi connectivity index (χ3n) is 4.49. The van der Waals surface area contributed by atoms with Crippen molar-refractivity contribution >= 4 is 5.97 Å². The predicted octanol–water partition coefficient (Wildman–Crippen LogP) is 2.74. The standard InChI is InChI=1S/C17H20FN3O4/c1-21(9-14-19-16(25-20-14)10-4-3-5-10)15(17(22)23)12-8-11(18)6-7-13(12)24-2/h6-8,10,15H,3-5,9H2,1-2H3,(H,22,23). The highest BCUT2D eigenvalue weighted by molar-refractivity contribution is 5.76. The SMILES string of the molecule is COc1ccc(F)cc1C(C(=O)O)N(C)Cc1noc(C2CCC2)n1. The normalized spacial score (nSPS) is 15.8. The van der Waals surface area contributed by atoms with Crippen molar-refractivity contribution in [3.63, 3.8) is 0 Å². The highest BCUT2D eigenvalue weighted by Crippen LogP contribution is 2.35. The van der Waals surface area contributed by atoms with Crippen molar-refractivity contribution in [3.05, 3.63) is 41.3 Å². The summed E-state index contributed by atoms with van der Waals surface area (Å²) in [6, 6.07) is 2.71. The number of methoxy groups -OCH3 is 1. The number of nitrogens with zero attached hydrogens (tertiary/aromatic N) is 3. The number of hydrogen-bond acceptors (Lipinski definition) is 6. The maximum atomic E-state index is 13.6. The molecule has 2 aromatic rings. The molecule has 0 bridgehead atoms. The van der Waals surface area contributed by atoms with Crippen LogP contribution in [0.1, 0.15) is 48.5 Å². The molecular formula is C17H20FN3O4. The van der Waals surface area contributed by atoms with Gasteiger partial charge in [-0.3, -0.25) is 9.69 Å². The molecule has 1 aromatic carbocycles. The number of likely N-dealkylation sites (N-methyl/N-ethyl adjacent to an activating group) is 1. The van der Waals surface area contributed by atoms with Crippen molar-refractivity contribution in [3.8, 4) is 5.75 Å². The van der Waals surface area contributed by atoms with Crippen LogP contribution in [0.5, 0.6) is 5.75 Å². The van der Waals surface area contributed by atoms with Crippen LogP contribution in [0.25, 0.3) is 0 Å². The van der Waals surface area contributed by atoms with E-state index in [2.05, 4.69) is 10.1 Å². The van der Waals surface area contributed by atoms with E-state index in [1.807, 2.05) is 0 Å². The molecular weight excluding hydrogens is 329 g/mol. The van der Waals surface area contributed by atoms with E-state index >= 15 is 0 Å². The first kappa shape index (κ1) is 17.3. The minimum Gasteiger partial charge on any atom is -0.496 e. The quantitative estimate of drug-likeness (QED) is 0.822. The lowest BCUT2D eigenvalue weighted by molar-refractivity contribution is -0.143. The zero-order chi connectivity index (χ0) is 18.0. The second-order valence-electron chi connectivity index (χ2n) is 6.22. The summed E-state index contributed by atoms with van der Waals surface area (Å²) in [6.45, 7) is 0.160. The van der Waals surface area contributed by atoms with Gasteiger partial charge in [-0.25, -0.2) is 4.39 Å². The maximum Gasteiger partial charge on any atom is 0.325 e. The fourth-order valence-electron chi connectivity index (χ4n) is 2.94. The maximum absolute atomic E-state index is 13.6. The van der Waals surface area contributed by atoms with E-state index in [9.17, 15) is 14.3 Å². The van der Waals surface area contributed by atoms with Gasteiger partial charge in [-0.2, -0.15) is 4.98 Å². The molecule has 1 aliphatic carbocycles. The Labute approximate surface area is 144 Å². The molecule has 134 valence electrons. The minimum absolute atomic E-state index is 0.160. The molecule has 0 spiro atoms. The van der Waals surface area contributed by atoms with Crippen LogP contribution in [-0.2, 0) is 11.3 Å². The summed E-state index contributed by atoms with van der Waals surface area (Å²) >= 11 is 0. The molecule has 8 heteroatoms. The molecule has 1 aromatic heterocycles. The van der Waals surface area contributed by atoms with E-state index in [0.717, 1.165) is 19.3 Å². The molecule has 0 amide bonds. The second-order valence-corrected chi connectivity index (χ2v) is 6.22. The van der Waals surface area contributed by atoms with E-state index < -0.39 is 17.8 Å². The molecule has 0 saturated heterocycles. The summed E-state index contributed by atoms with van der Waals surface area (Å²) in [5.41, 5.74) is 0.236. The number of rotatable bonds is 7. The Bertz CT molecular complexity index is 760. The molecule has 1 unspecified atom stereocenters. The topological polar surface area (TPSA) is 88.7 Å². The van der Waals surface area contributed by atoms with Gasteiger partial charge in [0.05, 0.1) is 13.7 Å². The number of ether oxygens (including phenoxy) is 1. The molecule has 0 aliphatic heterocycles. The van der Waals surface area contributed by atoms with Crippen LogP contribution in [0.2, 0.25) is 0 Å². The largest absolute Gasteiger partial charge is 0.496 e. The fraction of sp³-hybridized carbons (Fsp3) is 0.471. The molecule has 1 fully saturated rings. The first-order valence-electron chi connectivity index (χ1n) is 8.08.